The minimum Gasteiger partial charge on any atom is -0.480 e. The van der Waals surface area contributed by atoms with Gasteiger partial charge in [0.2, 0.25) is 0 Å². The van der Waals surface area contributed by atoms with Crippen LogP contribution in [0.5, 0.6) is 0 Å². The van der Waals surface area contributed by atoms with E-state index < -0.39 is 17.9 Å². The van der Waals surface area contributed by atoms with Gasteiger partial charge in [0.15, 0.2) is 0 Å². The molecule has 0 radical (unpaired) electrons. The highest BCUT2D eigenvalue weighted by molar-refractivity contribution is 7.09. The number of carboxylic acid groups (broad SMARTS) is 1. The van der Waals surface area contributed by atoms with Gasteiger partial charge in [0.1, 0.15) is 17.6 Å². The van der Waals surface area contributed by atoms with Crippen molar-refractivity contribution in [2.45, 2.75) is 18.9 Å². The molecule has 1 unspecified atom stereocenters. The lowest BCUT2D eigenvalue weighted by Gasteiger charge is -2.12. The molecule has 2 rings (SSSR count). The summed E-state index contributed by atoms with van der Waals surface area (Å²) in [5.41, 5.74) is 0.898. The highest BCUT2D eigenvalue weighted by Crippen LogP contribution is 2.16. The second-order valence-electron chi connectivity index (χ2n) is 5.08. The second kappa shape index (κ2) is 8.51. The first-order valence-corrected chi connectivity index (χ1v) is 8.09. The standard InChI is InChI=1S/C16H17FN2O4S/c1-23-6-5-12(16(21)22)19-15(20)13-9-24-14(18-13)8-10-3-2-4-11(17)7-10/h2-4,7,9,12H,5-6,8H2,1H3,(H,19,20)(H,21,22). The molecule has 6 nitrogen and oxygen atoms in total. The van der Waals surface area contributed by atoms with Gasteiger partial charge in [-0.25, -0.2) is 14.2 Å². The summed E-state index contributed by atoms with van der Waals surface area (Å²) in [7, 11) is 1.46. The molecule has 2 N–H and O–H groups in total. The average Bonchev–Trinajstić information content (AvgIpc) is 2.99. The number of rotatable bonds is 8. The van der Waals surface area contributed by atoms with Gasteiger partial charge in [0.25, 0.3) is 5.91 Å². The van der Waals surface area contributed by atoms with Gasteiger partial charge in [-0.05, 0) is 17.7 Å². The van der Waals surface area contributed by atoms with Gasteiger partial charge in [-0.15, -0.1) is 11.3 Å². The number of thiazole rings is 1. The van der Waals surface area contributed by atoms with Crippen LogP contribution in [0, 0.1) is 5.82 Å². The number of aliphatic carboxylic acids is 1. The molecule has 24 heavy (non-hydrogen) atoms. The molecule has 0 spiro atoms. The van der Waals surface area contributed by atoms with E-state index in [-0.39, 0.29) is 24.5 Å². The third kappa shape index (κ3) is 5.10. The Morgan fingerprint density at radius 3 is 2.92 bits per heavy atom. The molecule has 8 heteroatoms. The van der Waals surface area contributed by atoms with E-state index in [0.29, 0.717) is 11.4 Å². The minimum absolute atomic E-state index is 0.148. The van der Waals surface area contributed by atoms with Gasteiger partial charge in [0, 0.05) is 31.9 Å². The summed E-state index contributed by atoms with van der Waals surface area (Å²) in [5.74, 6) is -2.01. The Kier molecular flexibility index (Phi) is 6.39. The summed E-state index contributed by atoms with van der Waals surface area (Å²) < 4.78 is 18.0. The van der Waals surface area contributed by atoms with Crippen LogP contribution in [0.4, 0.5) is 4.39 Å². The molecular formula is C16H17FN2O4S. The molecule has 0 aliphatic rings. The quantitative estimate of drug-likeness (QED) is 0.759. The molecule has 1 amide bonds. The zero-order valence-electron chi connectivity index (χ0n) is 13.0. The number of carbonyl (C=O) groups is 2. The third-order valence-corrected chi connectivity index (χ3v) is 4.09. The highest BCUT2D eigenvalue weighted by Gasteiger charge is 2.21. The monoisotopic (exact) mass is 352 g/mol. The zero-order valence-corrected chi connectivity index (χ0v) is 13.8. The van der Waals surface area contributed by atoms with Crippen LogP contribution < -0.4 is 5.32 Å². The van der Waals surface area contributed by atoms with Crippen LogP contribution in [-0.4, -0.2) is 41.7 Å². The summed E-state index contributed by atoms with van der Waals surface area (Å²) in [6, 6.07) is 5.11. The van der Waals surface area contributed by atoms with Gasteiger partial charge in [0.05, 0.1) is 5.01 Å². The van der Waals surface area contributed by atoms with Crippen LogP contribution in [0.1, 0.15) is 27.5 Å². The second-order valence-corrected chi connectivity index (χ2v) is 6.02. The van der Waals surface area contributed by atoms with E-state index in [1.165, 1.54) is 30.6 Å². The number of benzene rings is 1. The lowest BCUT2D eigenvalue weighted by Crippen LogP contribution is -2.41. The molecule has 0 fully saturated rings. The van der Waals surface area contributed by atoms with Crippen LogP contribution >= 0.6 is 11.3 Å². The molecule has 1 aromatic heterocycles. The van der Waals surface area contributed by atoms with Crippen molar-refractivity contribution < 1.29 is 23.8 Å². The van der Waals surface area contributed by atoms with Gasteiger partial charge in [-0.3, -0.25) is 4.79 Å². The van der Waals surface area contributed by atoms with E-state index in [0.717, 1.165) is 5.56 Å². The lowest BCUT2D eigenvalue weighted by atomic mass is 10.1. The molecule has 0 saturated carbocycles. The van der Waals surface area contributed by atoms with Crippen molar-refractivity contribution in [3.8, 4) is 0 Å². The van der Waals surface area contributed by atoms with E-state index in [2.05, 4.69) is 10.3 Å². The summed E-state index contributed by atoms with van der Waals surface area (Å²) in [5, 5.41) is 13.7. The van der Waals surface area contributed by atoms with E-state index in [1.807, 2.05) is 0 Å². The summed E-state index contributed by atoms with van der Waals surface area (Å²) >= 11 is 1.27. The molecule has 2 aromatic rings. The predicted molar refractivity (Wildman–Crippen MR) is 86.7 cm³/mol. The van der Waals surface area contributed by atoms with Crippen molar-refractivity contribution in [2.24, 2.45) is 0 Å². The number of methoxy groups -OCH3 is 1. The Morgan fingerprint density at radius 1 is 1.46 bits per heavy atom. The first-order valence-electron chi connectivity index (χ1n) is 7.21. The van der Waals surface area contributed by atoms with E-state index >= 15 is 0 Å². The van der Waals surface area contributed by atoms with Crippen molar-refractivity contribution in [2.75, 3.05) is 13.7 Å². The molecule has 0 aliphatic heterocycles. The highest BCUT2D eigenvalue weighted by atomic mass is 32.1. The van der Waals surface area contributed by atoms with Crippen LogP contribution in [0.3, 0.4) is 0 Å². The number of ether oxygens (including phenoxy) is 1. The molecule has 128 valence electrons. The van der Waals surface area contributed by atoms with E-state index in [4.69, 9.17) is 9.84 Å². The van der Waals surface area contributed by atoms with Crippen LogP contribution in [0.2, 0.25) is 0 Å². The number of nitrogens with zero attached hydrogens (tertiary/aromatic N) is 1. The average molecular weight is 352 g/mol. The SMILES string of the molecule is COCCC(NC(=O)c1csc(Cc2cccc(F)c2)n1)C(=O)O. The third-order valence-electron chi connectivity index (χ3n) is 3.24. The minimum atomic E-state index is -1.13. The first-order chi connectivity index (χ1) is 11.5. The molecule has 1 aromatic carbocycles. The number of hydrogen-bond acceptors (Lipinski definition) is 5. The Balaban J connectivity index is 2.01. The Labute approximate surface area is 142 Å². The molecule has 1 heterocycles. The topological polar surface area (TPSA) is 88.5 Å². The van der Waals surface area contributed by atoms with Crippen molar-refractivity contribution >= 4 is 23.2 Å². The smallest absolute Gasteiger partial charge is 0.326 e. The van der Waals surface area contributed by atoms with Crippen molar-refractivity contribution in [3.63, 3.8) is 0 Å². The maximum atomic E-state index is 13.2. The zero-order chi connectivity index (χ0) is 17.5. The largest absolute Gasteiger partial charge is 0.480 e. The summed E-state index contributed by atoms with van der Waals surface area (Å²) in [6.45, 7) is 0.221. The number of aromatic nitrogens is 1. The van der Waals surface area contributed by atoms with Crippen molar-refractivity contribution in [1.29, 1.82) is 0 Å². The van der Waals surface area contributed by atoms with E-state index in [9.17, 15) is 14.0 Å². The molecule has 0 bridgehead atoms. The summed E-state index contributed by atoms with van der Waals surface area (Å²) in [6.07, 6.45) is 0.569. The number of carbonyl (C=O) groups excluding carboxylic acids is 1. The number of hydrogen-bond donors (Lipinski definition) is 2. The molecular weight excluding hydrogens is 335 g/mol. The Morgan fingerprint density at radius 2 is 2.25 bits per heavy atom. The molecule has 0 saturated heterocycles. The van der Waals surface area contributed by atoms with Gasteiger partial charge < -0.3 is 15.2 Å². The Hall–Kier alpha value is -2.32. The maximum Gasteiger partial charge on any atom is 0.326 e. The fourth-order valence-electron chi connectivity index (χ4n) is 2.04. The number of halogens is 1. The maximum absolute atomic E-state index is 13.2. The Bertz CT molecular complexity index is 720. The van der Waals surface area contributed by atoms with Gasteiger partial charge in [-0.2, -0.15) is 0 Å². The normalized spacial score (nSPS) is 11.9. The van der Waals surface area contributed by atoms with Crippen molar-refractivity contribution in [1.82, 2.24) is 10.3 Å². The van der Waals surface area contributed by atoms with Crippen LogP contribution in [0.15, 0.2) is 29.6 Å². The number of carboxylic acids is 1. The van der Waals surface area contributed by atoms with Gasteiger partial charge >= 0.3 is 5.97 Å². The van der Waals surface area contributed by atoms with E-state index in [1.54, 1.807) is 17.5 Å². The first kappa shape index (κ1) is 18.0. The fourth-order valence-corrected chi connectivity index (χ4v) is 2.85. The molecule has 1 atom stereocenters. The van der Waals surface area contributed by atoms with Crippen LogP contribution in [-0.2, 0) is 16.0 Å². The lowest BCUT2D eigenvalue weighted by molar-refractivity contribution is -0.139. The number of amides is 1. The van der Waals surface area contributed by atoms with Gasteiger partial charge in [-0.1, -0.05) is 12.1 Å². The predicted octanol–water partition coefficient (Wildman–Crippen LogP) is 2.09. The number of nitrogens with one attached hydrogen (secondary N) is 1. The summed E-state index contributed by atoms with van der Waals surface area (Å²) in [4.78, 5) is 27.4. The van der Waals surface area contributed by atoms with Crippen LogP contribution in [0.25, 0.3) is 0 Å². The fraction of sp³-hybridized carbons (Fsp3) is 0.312. The molecule has 0 aliphatic carbocycles. The van der Waals surface area contributed by atoms with Crippen molar-refractivity contribution in [3.05, 3.63) is 51.7 Å².